The lowest BCUT2D eigenvalue weighted by molar-refractivity contribution is -0.146. The summed E-state index contributed by atoms with van der Waals surface area (Å²) in [7, 11) is 0. The first-order valence-corrected chi connectivity index (χ1v) is 8.09. The Morgan fingerprint density at radius 2 is 1.85 bits per heavy atom. The number of ether oxygens (including phenoxy) is 1. The molecule has 0 fully saturated rings. The van der Waals surface area contributed by atoms with E-state index in [1.165, 1.54) is 6.42 Å². The van der Waals surface area contributed by atoms with Gasteiger partial charge in [-0.15, -0.1) is 0 Å². The van der Waals surface area contributed by atoms with E-state index in [9.17, 15) is 4.79 Å². The van der Waals surface area contributed by atoms with E-state index in [0.29, 0.717) is 12.5 Å². The van der Waals surface area contributed by atoms with Crippen LogP contribution in [0.15, 0.2) is 0 Å². The van der Waals surface area contributed by atoms with Gasteiger partial charge in [0.2, 0.25) is 0 Å². The Morgan fingerprint density at radius 1 is 1.20 bits per heavy atom. The van der Waals surface area contributed by atoms with Crippen molar-refractivity contribution in [2.75, 3.05) is 26.2 Å². The van der Waals surface area contributed by atoms with Crippen molar-refractivity contribution >= 4 is 5.97 Å². The van der Waals surface area contributed by atoms with E-state index >= 15 is 0 Å². The molecule has 0 aromatic rings. The quantitative estimate of drug-likeness (QED) is 0.593. The third-order valence-electron chi connectivity index (χ3n) is 3.55. The van der Waals surface area contributed by atoms with Crippen LogP contribution in [-0.4, -0.2) is 49.2 Å². The van der Waals surface area contributed by atoms with Gasteiger partial charge >= 0.3 is 5.97 Å². The Bertz CT molecular complexity index is 257. The lowest BCUT2D eigenvalue weighted by atomic mass is 10.1. The van der Waals surface area contributed by atoms with Crippen LogP contribution in [0.4, 0.5) is 0 Å². The largest absolute Gasteiger partial charge is 0.465 e. The first-order valence-electron chi connectivity index (χ1n) is 8.09. The Kier molecular flexibility index (Phi) is 10.8. The zero-order valence-corrected chi connectivity index (χ0v) is 14.2. The standard InChI is InChI=1S/C16H34N2O2/c1-7-14(6)12-18(8-2)11-10-15(17-13(4)5)16(19)20-9-3/h13-15,17H,7-12H2,1-6H3. The molecule has 0 aromatic heterocycles. The topological polar surface area (TPSA) is 41.6 Å². The smallest absolute Gasteiger partial charge is 0.323 e. The average Bonchev–Trinajstić information content (AvgIpc) is 2.41. The van der Waals surface area contributed by atoms with E-state index < -0.39 is 0 Å². The fourth-order valence-electron chi connectivity index (χ4n) is 2.17. The second-order valence-corrected chi connectivity index (χ2v) is 5.82. The summed E-state index contributed by atoms with van der Waals surface area (Å²) >= 11 is 0. The van der Waals surface area contributed by atoms with Crippen molar-refractivity contribution in [1.82, 2.24) is 10.2 Å². The van der Waals surface area contributed by atoms with Crippen molar-refractivity contribution in [1.29, 1.82) is 0 Å². The number of rotatable bonds is 11. The SMILES string of the molecule is CCOC(=O)C(CCN(CC)CC(C)CC)NC(C)C. The van der Waals surface area contributed by atoms with Crippen LogP contribution in [0.25, 0.3) is 0 Å². The average molecular weight is 286 g/mol. The van der Waals surface area contributed by atoms with Gasteiger partial charge < -0.3 is 15.0 Å². The molecule has 0 heterocycles. The fraction of sp³-hybridized carbons (Fsp3) is 0.938. The first-order chi connectivity index (χ1) is 9.44. The van der Waals surface area contributed by atoms with Crippen LogP contribution in [0.3, 0.4) is 0 Å². The molecule has 0 aliphatic rings. The molecule has 0 aliphatic carbocycles. The van der Waals surface area contributed by atoms with Gasteiger partial charge in [-0.2, -0.15) is 0 Å². The second-order valence-electron chi connectivity index (χ2n) is 5.82. The van der Waals surface area contributed by atoms with Crippen LogP contribution >= 0.6 is 0 Å². The molecule has 0 rings (SSSR count). The number of nitrogens with one attached hydrogen (secondary N) is 1. The molecule has 20 heavy (non-hydrogen) atoms. The van der Waals surface area contributed by atoms with Crippen molar-refractivity contribution in [3.63, 3.8) is 0 Å². The maximum Gasteiger partial charge on any atom is 0.323 e. The Labute approximate surface area is 125 Å². The van der Waals surface area contributed by atoms with Crippen LogP contribution < -0.4 is 5.32 Å². The molecule has 0 amide bonds. The summed E-state index contributed by atoms with van der Waals surface area (Å²) in [5.74, 6) is 0.579. The van der Waals surface area contributed by atoms with E-state index in [-0.39, 0.29) is 18.1 Å². The Balaban J connectivity index is 4.37. The minimum absolute atomic E-state index is 0.124. The van der Waals surface area contributed by atoms with Crippen LogP contribution in [0.2, 0.25) is 0 Å². The molecule has 4 heteroatoms. The van der Waals surface area contributed by atoms with E-state index in [1.54, 1.807) is 0 Å². The maximum absolute atomic E-state index is 12.0. The molecule has 0 aromatic carbocycles. The predicted octanol–water partition coefficient (Wildman–Crippen LogP) is 2.67. The molecule has 2 atom stereocenters. The molecule has 0 saturated carbocycles. The highest BCUT2D eigenvalue weighted by molar-refractivity contribution is 5.75. The third-order valence-corrected chi connectivity index (χ3v) is 3.55. The summed E-state index contributed by atoms with van der Waals surface area (Å²) in [5, 5.41) is 3.31. The maximum atomic E-state index is 12.0. The van der Waals surface area contributed by atoms with Crippen molar-refractivity contribution in [2.24, 2.45) is 5.92 Å². The minimum Gasteiger partial charge on any atom is -0.465 e. The van der Waals surface area contributed by atoms with Gasteiger partial charge in [-0.25, -0.2) is 0 Å². The predicted molar refractivity (Wildman–Crippen MR) is 84.9 cm³/mol. The van der Waals surface area contributed by atoms with Gasteiger partial charge in [-0.1, -0.05) is 41.0 Å². The molecule has 1 N–H and O–H groups in total. The van der Waals surface area contributed by atoms with Crippen molar-refractivity contribution < 1.29 is 9.53 Å². The normalized spacial score (nSPS) is 14.6. The highest BCUT2D eigenvalue weighted by atomic mass is 16.5. The first kappa shape index (κ1) is 19.4. The van der Waals surface area contributed by atoms with E-state index in [0.717, 1.165) is 26.1 Å². The summed E-state index contributed by atoms with van der Waals surface area (Å²) in [6, 6.07) is 0.0926. The van der Waals surface area contributed by atoms with Crippen LogP contribution in [0.1, 0.15) is 54.4 Å². The van der Waals surface area contributed by atoms with Gasteiger partial charge in [0.1, 0.15) is 6.04 Å². The summed E-state index contributed by atoms with van der Waals surface area (Å²) < 4.78 is 5.15. The molecule has 4 nitrogen and oxygen atoms in total. The monoisotopic (exact) mass is 286 g/mol. The highest BCUT2D eigenvalue weighted by Gasteiger charge is 2.21. The Hall–Kier alpha value is -0.610. The molecule has 120 valence electrons. The van der Waals surface area contributed by atoms with Gasteiger partial charge in [0.25, 0.3) is 0 Å². The van der Waals surface area contributed by atoms with Gasteiger partial charge in [0, 0.05) is 19.1 Å². The summed E-state index contributed by atoms with van der Waals surface area (Å²) in [6.07, 6.45) is 2.00. The molecule has 0 saturated heterocycles. The number of carbonyl (C=O) groups excluding carboxylic acids is 1. The number of carbonyl (C=O) groups is 1. The van der Waals surface area contributed by atoms with Gasteiger partial charge in [0.05, 0.1) is 6.61 Å². The third kappa shape index (κ3) is 8.54. The highest BCUT2D eigenvalue weighted by Crippen LogP contribution is 2.07. The lowest BCUT2D eigenvalue weighted by Gasteiger charge is -2.26. The fourth-order valence-corrected chi connectivity index (χ4v) is 2.17. The van der Waals surface area contributed by atoms with Crippen molar-refractivity contribution in [2.45, 2.75) is 66.5 Å². The van der Waals surface area contributed by atoms with E-state index in [2.05, 4.69) is 44.8 Å². The minimum atomic E-state index is -0.194. The lowest BCUT2D eigenvalue weighted by Crippen LogP contribution is -2.44. The zero-order chi connectivity index (χ0) is 15.5. The molecule has 0 aliphatic heterocycles. The van der Waals surface area contributed by atoms with E-state index in [4.69, 9.17) is 4.74 Å². The van der Waals surface area contributed by atoms with Crippen LogP contribution in [-0.2, 0) is 9.53 Å². The molecule has 0 bridgehead atoms. The van der Waals surface area contributed by atoms with Gasteiger partial charge in [-0.05, 0) is 25.8 Å². The number of nitrogens with zero attached hydrogens (tertiary/aromatic N) is 1. The number of esters is 1. The summed E-state index contributed by atoms with van der Waals surface area (Å²) in [5.41, 5.74) is 0. The molecule has 0 radical (unpaired) electrons. The van der Waals surface area contributed by atoms with Gasteiger partial charge in [0.15, 0.2) is 0 Å². The molecule has 0 spiro atoms. The summed E-state index contributed by atoms with van der Waals surface area (Å²) in [6.45, 7) is 16.2. The second kappa shape index (κ2) is 11.1. The summed E-state index contributed by atoms with van der Waals surface area (Å²) in [4.78, 5) is 14.4. The van der Waals surface area contributed by atoms with Crippen molar-refractivity contribution in [3.05, 3.63) is 0 Å². The molecular formula is C16H34N2O2. The van der Waals surface area contributed by atoms with Gasteiger partial charge in [-0.3, -0.25) is 4.79 Å². The van der Waals surface area contributed by atoms with Crippen molar-refractivity contribution in [3.8, 4) is 0 Å². The Morgan fingerprint density at radius 3 is 2.30 bits per heavy atom. The van der Waals surface area contributed by atoms with Crippen LogP contribution in [0.5, 0.6) is 0 Å². The van der Waals surface area contributed by atoms with E-state index in [1.807, 2.05) is 6.92 Å². The number of hydrogen-bond donors (Lipinski definition) is 1. The zero-order valence-electron chi connectivity index (χ0n) is 14.2. The molecule has 2 unspecified atom stereocenters. The van der Waals surface area contributed by atoms with Crippen LogP contribution in [0, 0.1) is 5.92 Å². The molecular weight excluding hydrogens is 252 g/mol. The number of hydrogen-bond acceptors (Lipinski definition) is 4.